The third-order valence-electron chi connectivity index (χ3n) is 5.53. The Bertz CT molecular complexity index is 468. The number of carbonyl (C=O) groups excluding carboxylic acids is 2. The first-order valence-corrected chi connectivity index (χ1v) is 8.65. The molecule has 6 heteroatoms. The minimum Gasteiger partial charge on any atom is -0.376 e. The van der Waals surface area contributed by atoms with Crippen LogP contribution in [0.2, 0.25) is 0 Å². The van der Waals surface area contributed by atoms with Gasteiger partial charge in [0.1, 0.15) is 6.61 Å². The monoisotopic (exact) mass is 324 g/mol. The molecule has 0 aromatic carbocycles. The number of ether oxygens (including phenoxy) is 2. The highest BCUT2D eigenvalue weighted by molar-refractivity contribution is 5.82. The number of likely N-dealkylation sites (tertiary alicyclic amines) is 1. The van der Waals surface area contributed by atoms with Gasteiger partial charge in [0.05, 0.1) is 12.7 Å². The fraction of sp³-hybridized carbons (Fsp3) is 0.882. The van der Waals surface area contributed by atoms with Crippen LogP contribution in [-0.2, 0) is 19.1 Å². The summed E-state index contributed by atoms with van der Waals surface area (Å²) in [4.78, 5) is 27.4. The van der Waals surface area contributed by atoms with Gasteiger partial charge in [-0.25, -0.2) is 0 Å². The summed E-state index contributed by atoms with van der Waals surface area (Å²) < 4.78 is 11.4. The minimum absolute atomic E-state index is 0.0123. The SMILES string of the molecule is C[C@H]1C[C@@H]1C(=O)N1C[C@H]2[C@@H](CCOCC(=O)N(C)C)CO[C@H]2C1. The van der Waals surface area contributed by atoms with E-state index < -0.39 is 0 Å². The minimum atomic E-state index is -0.0123. The van der Waals surface area contributed by atoms with E-state index in [1.54, 1.807) is 14.1 Å². The molecule has 2 amide bonds. The number of rotatable bonds is 6. The van der Waals surface area contributed by atoms with Gasteiger partial charge in [-0.2, -0.15) is 0 Å². The molecule has 23 heavy (non-hydrogen) atoms. The van der Waals surface area contributed by atoms with E-state index in [1.807, 2.05) is 4.90 Å². The van der Waals surface area contributed by atoms with E-state index in [9.17, 15) is 9.59 Å². The van der Waals surface area contributed by atoms with Crippen molar-refractivity contribution < 1.29 is 19.1 Å². The fourth-order valence-corrected chi connectivity index (χ4v) is 3.70. The van der Waals surface area contributed by atoms with Gasteiger partial charge in [-0.1, -0.05) is 6.92 Å². The quantitative estimate of drug-likeness (QED) is 0.672. The maximum absolute atomic E-state index is 12.4. The topological polar surface area (TPSA) is 59.1 Å². The third kappa shape index (κ3) is 3.69. The largest absolute Gasteiger partial charge is 0.376 e. The Balaban J connectivity index is 1.41. The van der Waals surface area contributed by atoms with Gasteiger partial charge >= 0.3 is 0 Å². The fourth-order valence-electron chi connectivity index (χ4n) is 3.70. The number of amides is 2. The molecule has 3 rings (SSSR count). The van der Waals surface area contributed by atoms with Crippen molar-refractivity contribution in [3.05, 3.63) is 0 Å². The third-order valence-corrected chi connectivity index (χ3v) is 5.53. The predicted octanol–water partition coefficient (Wildman–Crippen LogP) is 0.611. The lowest BCUT2D eigenvalue weighted by Crippen LogP contribution is -2.33. The van der Waals surface area contributed by atoms with E-state index in [1.165, 1.54) is 4.90 Å². The first-order chi connectivity index (χ1) is 11.0. The van der Waals surface area contributed by atoms with Crippen molar-refractivity contribution in [2.75, 3.05) is 47.0 Å². The second kappa shape index (κ2) is 6.77. The number of carbonyl (C=O) groups is 2. The Kier molecular flexibility index (Phi) is 4.92. The van der Waals surface area contributed by atoms with Crippen LogP contribution in [0.5, 0.6) is 0 Å². The summed E-state index contributed by atoms with van der Waals surface area (Å²) in [6, 6.07) is 0. The van der Waals surface area contributed by atoms with E-state index in [0.717, 1.165) is 32.5 Å². The lowest BCUT2D eigenvalue weighted by atomic mass is 9.91. The van der Waals surface area contributed by atoms with Gasteiger partial charge in [0.25, 0.3) is 0 Å². The summed E-state index contributed by atoms with van der Waals surface area (Å²) in [5, 5.41) is 0. The van der Waals surface area contributed by atoms with Crippen LogP contribution in [0.3, 0.4) is 0 Å². The molecule has 0 spiro atoms. The molecule has 0 aromatic rings. The van der Waals surface area contributed by atoms with Crippen molar-refractivity contribution in [3.63, 3.8) is 0 Å². The molecule has 6 nitrogen and oxygen atoms in total. The van der Waals surface area contributed by atoms with Gasteiger partial charge in [0.15, 0.2) is 0 Å². The Morgan fingerprint density at radius 1 is 1.30 bits per heavy atom. The summed E-state index contributed by atoms with van der Waals surface area (Å²) in [5.41, 5.74) is 0. The van der Waals surface area contributed by atoms with E-state index >= 15 is 0 Å². The molecule has 3 aliphatic rings. The average Bonchev–Trinajstić information content (AvgIpc) is 2.94. The van der Waals surface area contributed by atoms with Crippen molar-refractivity contribution >= 4 is 11.8 Å². The number of nitrogens with zero attached hydrogens (tertiary/aromatic N) is 2. The number of likely N-dealkylation sites (N-methyl/N-ethyl adjacent to an activating group) is 1. The van der Waals surface area contributed by atoms with Crippen LogP contribution >= 0.6 is 0 Å². The summed E-state index contributed by atoms with van der Waals surface area (Å²) >= 11 is 0. The van der Waals surface area contributed by atoms with Crippen molar-refractivity contribution in [3.8, 4) is 0 Å². The van der Waals surface area contributed by atoms with Crippen LogP contribution in [0, 0.1) is 23.7 Å². The molecule has 2 aliphatic heterocycles. The van der Waals surface area contributed by atoms with Gasteiger partial charge in [-0.3, -0.25) is 9.59 Å². The Hall–Kier alpha value is -1.14. The summed E-state index contributed by atoms with van der Waals surface area (Å²) in [7, 11) is 3.46. The predicted molar refractivity (Wildman–Crippen MR) is 84.7 cm³/mol. The summed E-state index contributed by atoms with van der Waals surface area (Å²) in [6.45, 7) is 5.19. The summed E-state index contributed by atoms with van der Waals surface area (Å²) in [6.07, 6.45) is 2.13. The van der Waals surface area contributed by atoms with Crippen LogP contribution in [0.4, 0.5) is 0 Å². The molecule has 5 atom stereocenters. The Labute approximate surface area is 138 Å². The molecule has 1 saturated carbocycles. The van der Waals surface area contributed by atoms with E-state index in [4.69, 9.17) is 9.47 Å². The first-order valence-electron chi connectivity index (χ1n) is 8.65. The lowest BCUT2D eigenvalue weighted by Gasteiger charge is -2.20. The van der Waals surface area contributed by atoms with Gasteiger partial charge in [0.2, 0.25) is 11.8 Å². The normalized spacial score (nSPS) is 35.3. The van der Waals surface area contributed by atoms with Gasteiger partial charge in [-0.15, -0.1) is 0 Å². The standard InChI is InChI=1S/C17H28N2O4/c1-11-6-13(11)17(21)19-7-14-12(9-23-15(14)8-19)4-5-22-10-16(20)18(2)3/h11-15H,4-10H2,1-3H3/t11-,12-,13-,14-,15-/m0/s1. The molecule has 0 bridgehead atoms. The second-order valence-electron chi connectivity index (χ2n) is 7.49. The van der Waals surface area contributed by atoms with E-state index in [2.05, 4.69) is 6.92 Å². The number of hydrogen-bond donors (Lipinski definition) is 0. The zero-order valence-corrected chi connectivity index (χ0v) is 14.4. The highest BCUT2D eigenvalue weighted by Gasteiger charge is 2.49. The van der Waals surface area contributed by atoms with Crippen molar-refractivity contribution in [1.82, 2.24) is 9.80 Å². The molecular formula is C17H28N2O4. The zero-order chi connectivity index (χ0) is 16.6. The molecule has 3 fully saturated rings. The molecule has 1 aliphatic carbocycles. The van der Waals surface area contributed by atoms with Crippen molar-refractivity contribution in [2.45, 2.75) is 25.9 Å². The second-order valence-corrected chi connectivity index (χ2v) is 7.49. The highest BCUT2D eigenvalue weighted by atomic mass is 16.5. The van der Waals surface area contributed by atoms with Crippen LogP contribution in [0.25, 0.3) is 0 Å². The van der Waals surface area contributed by atoms with Gasteiger partial charge in [-0.05, 0) is 24.7 Å². The van der Waals surface area contributed by atoms with Crippen LogP contribution < -0.4 is 0 Å². The van der Waals surface area contributed by atoms with Gasteiger partial charge in [0, 0.05) is 45.6 Å². The lowest BCUT2D eigenvalue weighted by molar-refractivity contribution is -0.134. The highest BCUT2D eigenvalue weighted by Crippen LogP contribution is 2.42. The Morgan fingerprint density at radius 2 is 2.04 bits per heavy atom. The molecule has 0 unspecified atom stereocenters. The maximum atomic E-state index is 12.4. The molecule has 130 valence electrons. The molecule has 2 saturated heterocycles. The number of fused-ring (bicyclic) bond motifs is 1. The van der Waals surface area contributed by atoms with Crippen LogP contribution in [-0.4, -0.2) is 74.7 Å². The average molecular weight is 324 g/mol. The summed E-state index contributed by atoms with van der Waals surface area (Å²) in [5.74, 6) is 1.99. The molecule has 2 heterocycles. The van der Waals surface area contributed by atoms with Gasteiger partial charge < -0.3 is 19.3 Å². The molecule has 0 radical (unpaired) electrons. The van der Waals surface area contributed by atoms with Crippen molar-refractivity contribution in [2.24, 2.45) is 23.7 Å². The van der Waals surface area contributed by atoms with Crippen LogP contribution in [0.1, 0.15) is 19.8 Å². The molecular weight excluding hydrogens is 296 g/mol. The Morgan fingerprint density at radius 3 is 2.70 bits per heavy atom. The zero-order valence-electron chi connectivity index (χ0n) is 14.4. The first kappa shape index (κ1) is 16.7. The molecule has 0 N–H and O–H groups in total. The van der Waals surface area contributed by atoms with E-state index in [0.29, 0.717) is 30.3 Å². The molecule has 0 aromatic heterocycles. The van der Waals surface area contributed by atoms with Crippen LogP contribution in [0.15, 0.2) is 0 Å². The van der Waals surface area contributed by atoms with Crippen molar-refractivity contribution in [1.29, 1.82) is 0 Å². The number of hydrogen-bond acceptors (Lipinski definition) is 4. The van der Waals surface area contributed by atoms with E-state index in [-0.39, 0.29) is 24.5 Å². The maximum Gasteiger partial charge on any atom is 0.248 e. The smallest absolute Gasteiger partial charge is 0.248 e.